The van der Waals surface area contributed by atoms with Crippen molar-refractivity contribution < 1.29 is 18.3 Å². The maximum Gasteiger partial charge on any atom is 0.387 e. The van der Waals surface area contributed by atoms with Gasteiger partial charge in [-0.15, -0.1) is 34.2 Å². The Morgan fingerprint density at radius 2 is 2.10 bits per heavy atom. The topological polar surface area (TPSA) is 76.8 Å². The molecule has 1 saturated heterocycles. The van der Waals surface area contributed by atoms with Crippen molar-refractivity contribution >= 4 is 29.9 Å². The lowest BCUT2D eigenvalue weighted by Crippen LogP contribution is -2.42. The molecule has 1 atom stereocenters. The molecule has 0 aliphatic carbocycles. The summed E-state index contributed by atoms with van der Waals surface area (Å²) in [5.41, 5.74) is 0.945. The molecule has 1 fully saturated rings. The fourth-order valence-corrected chi connectivity index (χ4v) is 3.18. The number of ether oxygens (including phenoxy) is 2. The largest absolute Gasteiger partial charge is 0.435 e. The number of benzene rings is 1. The lowest BCUT2D eigenvalue weighted by molar-refractivity contribution is -0.0498. The average Bonchev–Trinajstić information content (AvgIpc) is 3.34. The highest BCUT2D eigenvalue weighted by atomic mass is 127. The molecule has 172 valence electrons. The summed E-state index contributed by atoms with van der Waals surface area (Å²) in [4.78, 5) is 6.68. The van der Waals surface area contributed by atoms with Gasteiger partial charge in [0.05, 0.1) is 6.10 Å². The smallest absolute Gasteiger partial charge is 0.387 e. The van der Waals surface area contributed by atoms with Crippen LogP contribution in [0.15, 0.2) is 29.3 Å². The van der Waals surface area contributed by atoms with Gasteiger partial charge in [0.1, 0.15) is 18.1 Å². The zero-order chi connectivity index (χ0) is 21.5. The molecule has 2 aromatic rings. The van der Waals surface area contributed by atoms with E-state index < -0.39 is 6.61 Å². The predicted molar refractivity (Wildman–Crippen MR) is 124 cm³/mol. The van der Waals surface area contributed by atoms with Crippen molar-refractivity contribution in [2.75, 3.05) is 20.2 Å². The summed E-state index contributed by atoms with van der Waals surface area (Å²) in [7, 11) is 3.83. The van der Waals surface area contributed by atoms with Gasteiger partial charge in [-0.25, -0.2) is 4.99 Å². The highest BCUT2D eigenvalue weighted by molar-refractivity contribution is 14.0. The van der Waals surface area contributed by atoms with E-state index in [0.717, 1.165) is 36.7 Å². The minimum Gasteiger partial charge on any atom is -0.435 e. The molecule has 1 aromatic heterocycles. The van der Waals surface area contributed by atoms with Gasteiger partial charge in [-0.1, -0.05) is 12.1 Å². The first-order valence-corrected chi connectivity index (χ1v) is 9.92. The van der Waals surface area contributed by atoms with E-state index in [4.69, 9.17) is 9.73 Å². The molecule has 0 amide bonds. The lowest BCUT2D eigenvalue weighted by atomic mass is 10.2. The van der Waals surface area contributed by atoms with Crippen molar-refractivity contribution in [2.24, 2.45) is 12.0 Å². The highest BCUT2D eigenvalue weighted by Crippen LogP contribution is 2.16. The average molecular weight is 550 g/mol. The molecule has 31 heavy (non-hydrogen) atoms. The molecule has 0 saturated carbocycles. The van der Waals surface area contributed by atoms with E-state index in [1.54, 1.807) is 12.1 Å². The van der Waals surface area contributed by atoms with Crippen molar-refractivity contribution in [3.63, 3.8) is 0 Å². The summed E-state index contributed by atoms with van der Waals surface area (Å²) in [5, 5.41) is 11.6. The molecule has 3 rings (SSSR count). The first kappa shape index (κ1) is 25.2. The molecule has 8 nitrogen and oxygen atoms in total. The number of aliphatic imine (C=N–C) groups is 1. The molecule has 1 aliphatic rings. The molecule has 11 heteroatoms. The van der Waals surface area contributed by atoms with Crippen LogP contribution in [0.2, 0.25) is 0 Å². The number of rotatable bonds is 8. The normalized spacial score (nSPS) is 16.3. The van der Waals surface area contributed by atoms with E-state index in [-0.39, 0.29) is 35.8 Å². The second-order valence-corrected chi connectivity index (χ2v) is 7.26. The van der Waals surface area contributed by atoms with Gasteiger partial charge < -0.3 is 24.3 Å². The molecular weight excluding hydrogens is 521 g/mol. The molecule has 0 bridgehead atoms. The second kappa shape index (κ2) is 12.1. The Morgan fingerprint density at radius 3 is 2.68 bits per heavy atom. The summed E-state index contributed by atoms with van der Waals surface area (Å²) >= 11 is 0. The third kappa shape index (κ3) is 7.56. The number of guanidine groups is 1. The number of hydrogen-bond acceptors (Lipinski definition) is 5. The zero-order valence-corrected chi connectivity index (χ0v) is 20.3. The van der Waals surface area contributed by atoms with Crippen molar-refractivity contribution in [1.82, 2.24) is 25.0 Å². The number of aryl methyl sites for hydroxylation is 1. The number of alkyl halides is 2. The first-order chi connectivity index (χ1) is 14.4. The maximum atomic E-state index is 12.3. The van der Waals surface area contributed by atoms with Crippen LogP contribution >= 0.6 is 24.0 Å². The van der Waals surface area contributed by atoms with Crippen molar-refractivity contribution in [3.8, 4) is 5.75 Å². The second-order valence-electron chi connectivity index (χ2n) is 7.26. The van der Waals surface area contributed by atoms with E-state index in [1.165, 1.54) is 12.1 Å². The Balaban J connectivity index is 0.00000341. The van der Waals surface area contributed by atoms with Gasteiger partial charge in [-0.05, 0) is 37.5 Å². The van der Waals surface area contributed by atoms with Crippen molar-refractivity contribution in [1.29, 1.82) is 0 Å². The van der Waals surface area contributed by atoms with E-state index in [0.29, 0.717) is 25.6 Å². The van der Waals surface area contributed by atoms with Crippen LogP contribution in [0.25, 0.3) is 0 Å². The van der Waals surface area contributed by atoms with Gasteiger partial charge >= 0.3 is 6.61 Å². The lowest BCUT2D eigenvalue weighted by Gasteiger charge is -2.24. The van der Waals surface area contributed by atoms with Crippen LogP contribution in [0, 0.1) is 6.92 Å². The van der Waals surface area contributed by atoms with Crippen molar-refractivity contribution in [3.05, 3.63) is 41.5 Å². The van der Waals surface area contributed by atoms with Crippen LogP contribution in [0.3, 0.4) is 0 Å². The molecular formula is C20H29F2IN6O2. The zero-order valence-electron chi connectivity index (χ0n) is 17.9. The van der Waals surface area contributed by atoms with Crippen molar-refractivity contribution in [2.45, 2.75) is 45.6 Å². The Kier molecular flexibility index (Phi) is 9.88. The molecule has 1 aromatic carbocycles. The standard InChI is InChI=1S/C20H28F2N6O2.HI/c1-14-25-26-18(28(14)3)12-24-20(23-11-17-5-4-10-29-17)27(2)13-15-6-8-16(9-7-15)30-19(21)22;/h6-9,17,19H,4-5,10-13H2,1-3H3,(H,23,24);1H. The Labute approximate surface area is 198 Å². The minimum atomic E-state index is -2.83. The molecule has 0 spiro atoms. The van der Waals surface area contributed by atoms with Gasteiger partial charge in [-0.3, -0.25) is 0 Å². The van der Waals surface area contributed by atoms with E-state index in [1.807, 2.05) is 30.5 Å². The number of halogens is 3. The van der Waals surface area contributed by atoms with Crippen LogP contribution in [-0.2, 0) is 24.9 Å². The number of aromatic nitrogens is 3. The monoisotopic (exact) mass is 550 g/mol. The fourth-order valence-electron chi connectivity index (χ4n) is 3.18. The summed E-state index contributed by atoms with van der Waals surface area (Å²) in [5.74, 6) is 2.44. The van der Waals surface area contributed by atoms with Gasteiger partial charge in [0.15, 0.2) is 11.8 Å². The van der Waals surface area contributed by atoms with Gasteiger partial charge in [0.25, 0.3) is 0 Å². The molecule has 1 N–H and O–H groups in total. The summed E-state index contributed by atoms with van der Waals surface area (Å²) in [6.07, 6.45) is 2.27. The Bertz CT molecular complexity index is 841. The van der Waals surface area contributed by atoms with E-state index >= 15 is 0 Å². The summed E-state index contributed by atoms with van der Waals surface area (Å²) < 4.78 is 36.7. The first-order valence-electron chi connectivity index (χ1n) is 9.92. The molecule has 2 heterocycles. The molecule has 1 unspecified atom stereocenters. The fraction of sp³-hybridized carbons (Fsp3) is 0.550. The van der Waals surface area contributed by atoms with Crippen LogP contribution in [0.5, 0.6) is 5.75 Å². The van der Waals surface area contributed by atoms with Crippen LogP contribution in [-0.4, -0.2) is 58.5 Å². The van der Waals surface area contributed by atoms with Gasteiger partial charge in [0.2, 0.25) is 0 Å². The van der Waals surface area contributed by atoms with Gasteiger partial charge in [-0.2, -0.15) is 8.78 Å². The predicted octanol–water partition coefficient (Wildman–Crippen LogP) is 3.10. The molecule has 0 radical (unpaired) electrons. The third-order valence-electron chi connectivity index (χ3n) is 4.99. The molecule has 1 aliphatic heterocycles. The van der Waals surface area contributed by atoms with Crippen LogP contribution in [0.4, 0.5) is 8.78 Å². The van der Waals surface area contributed by atoms with Crippen LogP contribution < -0.4 is 10.1 Å². The van der Waals surface area contributed by atoms with Gasteiger partial charge in [0, 0.05) is 33.8 Å². The quantitative estimate of drug-likeness (QED) is 0.310. The van der Waals surface area contributed by atoms with E-state index in [2.05, 4.69) is 20.3 Å². The highest BCUT2D eigenvalue weighted by Gasteiger charge is 2.17. The Morgan fingerprint density at radius 1 is 1.35 bits per heavy atom. The number of nitrogens with zero attached hydrogens (tertiary/aromatic N) is 5. The summed E-state index contributed by atoms with van der Waals surface area (Å²) in [6.45, 7) is 1.45. The number of hydrogen-bond donors (Lipinski definition) is 1. The SMILES string of the molecule is Cc1nnc(CN=C(NCC2CCCO2)N(C)Cc2ccc(OC(F)F)cc2)n1C.I. The third-order valence-corrected chi connectivity index (χ3v) is 4.99. The summed E-state index contributed by atoms with van der Waals surface area (Å²) in [6, 6.07) is 6.60. The van der Waals surface area contributed by atoms with Crippen LogP contribution in [0.1, 0.15) is 30.1 Å². The number of nitrogens with one attached hydrogen (secondary N) is 1. The maximum absolute atomic E-state index is 12.3. The van der Waals surface area contributed by atoms with E-state index in [9.17, 15) is 8.78 Å². The Hall–Kier alpha value is -2.02. The minimum absolute atomic E-state index is 0.